The van der Waals surface area contributed by atoms with Gasteiger partial charge in [-0.3, -0.25) is 19.1 Å². The van der Waals surface area contributed by atoms with E-state index in [1.807, 2.05) is 26.0 Å². The van der Waals surface area contributed by atoms with E-state index in [4.69, 9.17) is 0 Å². The number of nitrogens with one attached hydrogen (secondary N) is 1. The Morgan fingerprint density at radius 2 is 1.80 bits per heavy atom. The molecule has 2 aromatic heterocycles. The molecular formula is C22H23N5O2S. The zero-order chi connectivity index (χ0) is 21.1. The number of hydrogen-bond donors (Lipinski definition) is 1. The summed E-state index contributed by atoms with van der Waals surface area (Å²) in [5.74, 6) is 0.967. The minimum absolute atomic E-state index is 0.0116. The second-order valence-electron chi connectivity index (χ2n) is 7.58. The summed E-state index contributed by atoms with van der Waals surface area (Å²) >= 11 is 1.41. The average molecular weight is 422 g/mol. The smallest absolute Gasteiger partial charge is 0.226 e. The minimum atomic E-state index is -0.0939. The molecule has 0 atom stereocenters. The molecule has 1 aliphatic rings. The zero-order valence-electron chi connectivity index (χ0n) is 16.9. The van der Waals surface area contributed by atoms with E-state index in [0.717, 1.165) is 29.4 Å². The van der Waals surface area contributed by atoms with Gasteiger partial charge in [-0.2, -0.15) is 0 Å². The van der Waals surface area contributed by atoms with E-state index in [-0.39, 0.29) is 23.4 Å². The van der Waals surface area contributed by atoms with E-state index in [9.17, 15) is 9.59 Å². The number of benzene rings is 1. The summed E-state index contributed by atoms with van der Waals surface area (Å²) in [5, 5.41) is 12.3. The molecule has 1 aliphatic carbocycles. The van der Waals surface area contributed by atoms with Crippen molar-refractivity contribution in [2.45, 2.75) is 37.9 Å². The first-order valence-electron chi connectivity index (χ1n) is 9.95. The first kappa shape index (κ1) is 20.3. The quantitative estimate of drug-likeness (QED) is 0.432. The molecule has 0 spiro atoms. The second kappa shape index (κ2) is 8.79. The Bertz CT molecular complexity index is 1040. The Labute approximate surface area is 179 Å². The molecule has 4 rings (SSSR count). The van der Waals surface area contributed by atoms with Gasteiger partial charge in [0.25, 0.3) is 0 Å². The highest BCUT2D eigenvalue weighted by atomic mass is 32.2. The minimum Gasteiger partial charge on any atom is -0.326 e. The van der Waals surface area contributed by atoms with Crippen molar-refractivity contribution in [1.82, 2.24) is 19.7 Å². The summed E-state index contributed by atoms with van der Waals surface area (Å²) in [6.07, 6.45) is 5.68. The molecular weight excluding hydrogens is 398 g/mol. The lowest BCUT2D eigenvalue weighted by molar-refractivity contribution is -0.118. The van der Waals surface area contributed by atoms with Crippen molar-refractivity contribution in [3.05, 3.63) is 54.4 Å². The number of amides is 1. The maximum absolute atomic E-state index is 12.7. The first-order chi connectivity index (χ1) is 14.5. The Morgan fingerprint density at radius 1 is 1.10 bits per heavy atom. The third-order valence-electron chi connectivity index (χ3n) is 4.85. The van der Waals surface area contributed by atoms with Crippen molar-refractivity contribution in [3.63, 3.8) is 0 Å². The van der Waals surface area contributed by atoms with Gasteiger partial charge >= 0.3 is 0 Å². The SMILES string of the molecule is CC(C)C(=O)Nc1ccc(C(=O)CSc2nnc(-c3ccncc3)n2C2CC2)cc1. The fourth-order valence-corrected chi connectivity index (χ4v) is 3.87. The predicted molar refractivity (Wildman–Crippen MR) is 116 cm³/mol. The molecule has 0 radical (unpaired) electrons. The van der Waals surface area contributed by atoms with Crippen molar-refractivity contribution in [1.29, 1.82) is 0 Å². The number of Topliss-reactive ketones (excluding diaryl/α,β-unsaturated/α-hetero) is 1. The maximum atomic E-state index is 12.7. The number of thioether (sulfide) groups is 1. The maximum Gasteiger partial charge on any atom is 0.226 e. The van der Waals surface area contributed by atoms with Crippen molar-refractivity contribution in [2.24, 2.45) is 5.92 Å². The van der Waals surface area contributed by atoms with Gasteiger partial charge in [0.15, 0.2) is 16.8 Å². The largest absolute Gasteiger partial charge is 0.326 e. The highest BCUT2D eigenvalue weighted by Gasteiger charge is 2.30. The Kier molecular flexibility index (Phi) is 5.94. The van der Waals surface area contributed by atoms with Gasteiger partial charge in [-0.15, -0.1) is 10.2 Å². The van der Waals surface area contributed by atoms with Crippen LogP contribution >= 0.6 is 11.8 Å². The lowest BCUT2D eigenvalue weighted by atomic mass is 10.1. The van der Waals surface area contributed by atoms with Gasteiger partial charge in [-0.25, -0.2) is 0 Å². The van der Waals surface area contributed by atoms with E-state index < -0.39 is 0 Å². The number of anilines is 1. The fraction of sp³-hybridized carbons (Fsp3) is 0.318. The summed E-state index contributed by atoms with van der Waals surface area (Å²) in [6.45, 7) is 3.68. The Balaban J connectivity index is 1.43. The number of aromatic nitrogens is 4. The Hall–Kier alpha value is -3.00. The number of hydrogen-bond acceptors (Lipinski definition) is 6. The van der Waals surface area contributed by atoms with E-state index in [2.05, 4.69) is 25.1 Å². The van der Waals surface area contributed by atoms with Gasteiger partial charge in [-0.05, 0) is 49.2 Å². The number of ketones is 1. The first-order valence-corrected chi connectivity index (χ1v) is 10.9. The molecule has 1 aromatic carbocycles. The molecule has 3 aromatic rings. The van der Waals surface area contributed by atoms with E-state index in [0.29, 0.717) is 17.3 Å². The number of nitrogens with zero attached hydrogens (tertiary/aromatic N) is 4. The summed E-state index contributed by atoms with van der Waals surface area (Å²) < 4.78 is 2.14. The molecule has 1 fully saturated rings. The van der Waals surface area contributed by atoms with Crippen LogP contribution in [-0.4, -0.2) is 37.2 Å². The summed E-state index contributed by atoms with van der Waals surface area (Å²) in [7, 11) is 0. The third kappa shape index (κ3) is 4.59. The fourth-order valence-electron chi connectivity index (χ4n) is 2.97. The molecule has 0 bridgehead atoms. The van der Waals surface area contributed by atoms with Gasteiger partial charge in [0.1, 0.15) is 0 Å². The third-order valence-corrected chi connectivity index (χ3v) is 5.79. The number of carbonyl (C=O) groups excluding carboxylic acids is 2. The monoisotopic (exact) mass is 421 g/mol. The van der Waals surface area contributed by atoms with Crippen LogP contribution in [0.2, 0.25) is 0 Å². The summed E-state index contributed by atoms with van der Waals surface area (Å²) in [5.41, 5.74) is 2.27. The molecule has 0 saturated heterocycles. The van der Waals surface area contributed by atoms with E-state index in [1.165, 1.54) is 11.8 Å². The summed E-state index contributed by atoms with van der Waals surface area (Å²) in [4.78, 5) is 28.5. The lowest BCUT2D eigenvalue weighted by Crippen LogP contribution is -2.17. The van der Waals surface area contributed by atoms with Crippen molar-refractivity contribution < 1.29 is 9.59 Å². The van der Waals surface area contributed by atoms with Gasteiger partial charge in [-0.1, -0.05) is 25.6 Å². The van der Waals surface area contributed by atoms with Gasteiger partial charge in [0.2, 0.25) is 5.91 Å². The van der Waals surface area contributed by atoms with Crippen molar-refractivity contribution >= 4 is 29.1 Å². The van der Waals surface area contributed by atoms with Crippen LogP contribution in [0.3, 0.4) is 0 Å². The molecule has 1 N–H and O–H groups in total. The van der Waals surface area contributed by atoms with Crippen molar-refractivity contribution in [2.75, 3.05) is 11.1 Å². The zero-order valence-corrected chi connectivity index (χ0v) is 17.7. The number of rotatable bonds is 8. The van der Waals surface area contributed by atoms with Gasteiger partial charge in [0.05, 0.1) is 5.75 Å². The highest BCUT2D eigenvalue weighted by molar-refractivity contribution is 7.99. The number of carbonyl (C=O) groups is 2. The molecule has 1 saturated carbocycles. The number of pyridine rings is 1. The predicted octanol–water partition coefficient (Wildman–Crippen LogP) is 4.24. The van der Waals surface area contributed by atoms with Crippen LogP contribution in [0, 0.1) is 5.92 Å². The van der Waals surface area contributed by atoms with Crippen LogP contribution in [0.25, 0.3) is 11.4 Å². The van der Waals surface area contributed by atoms with E-state index >= 15 is 0 Å². The standard InChI is InChI=1S/C22H23N5O2S/c1-14(2)21(29)24-17-5-3-15(4-6-17)19(28)13-30-22-26-25-20(27(22)18-7-8-18)16-9-11-23-12-10-16/h3-6,9-12,14,18H,7-8,13H2,1-2H3,(H,24,29). The molecule has 30 heavy (non-hydrogen) atoms. The Morgan fingerprint density at radius 3 is 2.43 bits per heavy atom. The molecule has 2 heterocycles. The lowest BCUT2D eigenvalue weighted by Gasteiger charge is -2.09. The highest BCUT2D eigenvalue weighted by Crippen LogP contribution is 2.41. The van der Waals surface area contributed by atoms with Crippen LogP contribution in [0.5, 0.6) is 0 Å². The summed E-state index contributed by atoms with van der Waals surface area (Å²) in [6, 6.07) is 11.2. The molecule has 7 nitrogen and oxygen atoms in total. The van der Waals surface area contributed by atoms with Crippen LogP contribution in [-0.2, 0) is 4.79 Å². The van der Waals surface area contributed by atoms with Crippen LogP contribution in [0.1, 0.15) is 43.1 Å². The molecule has 154 valence electrons. The molecule has 1 amide bonds. The topological polar surface area (TPSA) is 89.8 Å². The van der Waals surface area contributed by atoms with Crippen molar-refractivity contribution in [3.8, 4) is 11.4 Å². The van der Waals surface area contributed by atoms with Crippen LogP contribution < -0.4 is 5.32 Å². The van der Waals surface area contributed by atoms with Gasteiger partial charge in [0, 0.05) is 41.2 Å². The second-order valence-corrected chi connectivity index (χ2v) is 8.52. The molecule has 0 aliphatic heterocycles. The molecule has 8 heteroatoms. The van der Waals surface area contributed by atoms with Crippen LogP contribution in [0.4, 0.5) is 5.69 Å². The van der Waals surface area contributed by atoms with Crippen LogP contribution in [0.15, 0.2) is 53.9 Å². The average Bonchev–Trinajstić information content (AvgIpc) is 3.51. The van der Waals surface area contributed by atoms with Gasteiger partial charge < -0.3 is 5.32 Å². The van der Waals surface area contributed by atoms with E-state index in [1.54, 1.807) is 36.7 Å². The normalized spacial score (nSPS) is 13.4. The molecule has 0 unspecified atom stereocenters.